The summed E-state index contributed by atoms with van der Waals surface area (Å²) < 4.78 is 29.7. The molecule has 0 aliphatic heterocycles. The molecule has 3 rings (SSSR count). The fraction of sp³-hybridized carbons (Fsp3) is 0.182. The van der Waals surface area contributed by atoms with Crippen LogP contribution >= 0.6 is 0 Å². The van der Waals surface area contributed by atoms with Gasteiger partial charge < -0.3 is 4.90 Å². The lowest BCUT2D eigenvalue weighted by Gasteiger charge is -2.20. The maximum absolute atomic E-state index is 12.3. The lowest BCUT2D eigenvalue weighted by Crippen LogP contribution is -2.11. The van der Waals surface area contributed by atoms with Gasteiger partial charge in [0.2, 0.25) is 0 Å². The summed E-state index contributed by atoms with van der Waals surface area (Å²) >= 11 is 0. The summed E-state index contributed by atoms with van der Waals surface area (Å²) in [4.78, 5) is 2.28. The Balaban J connectivity index is 1.64. The third-order valence-electron chi connectivity index (χ3n) is 4.38. The molecule has 0 saturated carbocycles. The minimum Gasteiger partial charge on any atom is -0.345 e. The fourth-order valence-corrected chi connectivity index (χ4v) is 3.67. The van der Waals surface area contributed by atoms with E-state index in [4.69, 9.17) is 4.18 Å². The van der Waals surface area contributed by atoms with Crippen molar-refractivity contribution in [2.75, 3.05) is 18.6 Å². The Bertz CT molecular complexity index is 984. The molecule has 0 aliphatic carbocycles. The van der Waals surface area contributed by atoms with Crippen molar-refractivity contribution in [1.29, 1.82) is 0 Å². The van der Waals surface area contributed by atoms with E-state index in [1.807, 2.05) is 62.5 Å². The molecule has 140 valence electrons. The Morgan fingerprint density at radius 1 is 0.852 bits per heavy atom. The van der Waals surface area contributed by atoms with Crippen LogP contribution in [-0.4, -0.2) is 22.1 Å². The molecular weight excluding hydrogens is 358 g/mol. The average molecular weight is 381 g/mol. The first-order valence-electron chi connectivity index (χ1n) is 8.79. The molecule has 0 fully saturated rings. The second kappa shape index (κ2) is 8.37. The number of benzene rings is 3. The van der Waals surface area contributed by atoms with Crippen molar-refractivity contribution >= 4 is 21.5 Å². The van der Waals surface area contributed by atoms with Gasteiger partial charge in [0.25, 0.3) is 10.1 Å². The normalized spacial score (nSPS) is 11.3. The average Bonchev–Trinajstić information content (AvgIpc) is 2.68. The quantitative estimate of drug-likeness (QED) is 0.556. The van der Waals surface area contributed by atoms with Gasteiger partial charge in [-0.05, 0) is 55.3 Å². The molecule has 5 heteroatoms. The monoisotopic (exact) mass is 381 g/mol. The molecule has 0 radical (unpaired) electrons. The van der Waals surface area contributed by atoms with Crippen LogP contribution in [0.3, 0.4) is 0 Å². The number of hydrogen-bond acceptors (Lipinski definition) is 4. The highest BCUT2D eigenvalue weighted by molar-refractivity contribution is 7.86. The first-order chi connectivity index (χ1) is 13.0. The van der Waals surface area contributed by atoms with Gasteiger partial charge in [0, 0.05) is 18.4 Å². The summed E-state index contributed by atoms with van der Waals surface area (Å²) in [6.07, 6.45) is 0.515. The lowest BCUT2D eigenvalue weighted by molar-refractivity contribution is 0.322. The molecule has 0 aliphatic rings. The molecule has 0 amide bonds. The van der Waals surface area contributed by atoms with Gasteiger partial charge in [-0.2, -0.15) is 8.42 Å². The van der Waals surface area contributed by atoms with E-state index in [0.717, 1.165) is 22.5 Å². The van der Waals surface area contributed by atoms with E-state index >= 15 is 0 Å². The van der Waals surface area contributed by atoms with Crippen LogP contribution in [0.15, 0.2) is 83.8 Å². The van der Waals surface area contributed by atoms with Gasteiger partial charge in [-0.25, -0.2) is 0 Å². The van der Waals surface area contributed by atoms with E-state index < -0.39 is 10.1 Å². The minimum absolute atomic E-state index is 0.106. The molecule has 0 unspecified atom stereocenters. The van der Waals surface area contributed by atoms with Crippen LogP contribution in [0.4, 0.5) is 11.4 Å². The SMILES string of the molecule is Cc1ccc(S(=O)(=O)OCCc2cccc(N(C)c3ccccc3)c2)cc1. The van der Waals surface area contributed by atoms with E-state index in [-0.39, 0.29) is 11.5 Å². The second-order valence-electron chi connectivity index (χ2n) is 6.40. The van der Waals surface area contributed by atoms with E-state index in [1.54, 1.807) is 24.3 Å². The Kier molecular flexibility index (Phi) is 5.94. The van der Waals surface area contributed by atoms with Gasteiger partial charge in [0.1, 0.15) is 0 Å². The zero-order valence-electron chi connectivity index (χ0n) is 15.5. The third kappa shape index (κ3) is 4.96. The van der Waals surface area contributed by atoms with Crippen molar-refractivity contribution in [3.63, 3.8) is 0 Å². The number of para-hydroxylation sites is 1. The molecule has 0 bridgehead atoms. The lowest BCUT2D eigenvalue weighted by atomic mass is 10.1. The first-order valence-corrected chi connectivity index (χ1v) is 10.2. The van der Waals surface area contributed by atoms with E-state index in [1.165, 1.54) is 0 Å². The summed E-state index contributed by atoms with van der Waals surface area (Å²) in [5.41, 5.74) is 4.16. The van der Waals surface area contributed by atoms with Crippen molar-refractivity contribution in [3.05, 3.63) is 90.0 Å². The molecular formula is C22H23NO3S. The van der Waals surface area contributed by atoms with E-state index in [9.17, 15) is 8.42 Å². The number of rotatable bonds is 7. The van der Waals surface area contributed by atoms with Gasteiger partial charge >= 0.3 is 0 Å². The summed E-state index contributed by atoms with van der Waals surface area (Å²) in [5, 5.41) is 0. The molecule has 0 N–H and O–H groups in total. The summed E-state index contributed by atoms with van der Waals surface area (Å²) in [7, 11) is -1.72. The highest BCUT2D eigenvalue weighted by Crippen LogP contribution is 2.24. The molecule has 0 aromatic heterocycles. The Hall–Kier alpha value is -2.63. The van der Waals surface area contributed by atoms with Crippen molar-refractivity contribution in [2.45, 2.75) is 18.2 Å². The van der Waals surface area contributed by atoms with Crippen LogP contribution < -0.4 is 4.90 Å². The molecule has 0 saturated heterocycles. The first kappa shape index (κ1) is 19.1. The summed E-state index contributed by atoms with van der Waals surface area (Å²) in [6.45, 7) is 2.02. The Morgan fingerprint density at radius 3 is 2.22 bits per heavy atom. The van der Waals surface area contributed by atoms with Gasteiger partial charge in [-0.15, -0.1) is 0 Å². The number of nitrogens with zero attached hydrogens (tertiary/aromatic N) is 1. The van der Waals surface area contributed by atoms with Gasteiger partial charge in [0.05, 0.1) is 11.5 Å². The Morgan fingerprint density at radius 2 is 1.52 bits per heavy atom. The molecule has 0 spiro atoms. The van der Waals surface area contributed by atoms with Crippen LogP contribution in [-0.2, 0) is 20.7 Å². The van der Waals surface area contributed by atoms with Crippen LogP contribution in [0, 0.1) is 6.92 Å². The van der Waals surface area contributed by atoms with Crippen molar-refractivity contribution in [2.24, 2.45) is 0 Å². The van der Waals surface area contributed by atoms with Crippen LogP contribution in [0.1, 0.15) is 11.1 Å². The molecule has 3 aromatic carbocycles. The third-order valence-corrected chi connectivity index (χ3v) is 5.71. The maximum atomic E-state index is 12.3. The van der Waals surface area contributed by atoms with Gasteiger partial charge in [0.15, 0.2) is 0 Å². The molecule has 0 heterocycles. The molecule has 4 nitrogen and oxygen atoms in total. The Labute approximate surface area is 161 Å². The smallest absolute Gasteiger partial charge is 0.296 e. The molecule has 3 aromatic rings. The van der Waals surface area contributed by atoms with Crippen LogP contribution in [0.25, 0.3) is 0 Å². The predicted octanol–water partition coefficient (Wildman–Crippen LogP) is 4.71. The maximum Gasteiger partial charge on any atom is 0.296 e. The number of hydrogen-bond donors (Lipinski definition) is 0. The fourth-order valence-electron chi connectivity index (χ4n) is 2.76. The number of aryl methyl sites for hydroxylation is 1. The highest BCUT2D eigenvalue weighted by atomic mass is 32.2. The summed E-state index contributed by atoms with van der Waals surface area (Å²) in [5.74, 6) is 0. The largest absolute Gasteiger partial charge is 0.345 e. The standard InChI is InChI=1S/C22H23NO3S/c1-18-11-13-22(14-12-18)27(24,25)26-16-15-19-7-6-10-21(17-19)23(2)20-8-4-3-5-9-20/h3-14,17H,15-16H2,1-2H3. The molecule has 0 atom stereocenters. The van der Waals surface area contributed by atoms with Crippen molar-refractivity contribution in [3.8, 4) is 0 Å². The minimum atomic E-state index is -3.73. The topological polar surface area (TPSA) is 46.6 Å². The number of anilines is 2. The van der Waals surface area contributed by atoms with Crippen LogP contribution in [0.5, 0.6) is 0 Å². The predicted molar refractivity (Wildman–Crippen MR) is 109 cm³/mol. The van der Waals surface area contributed by atoms with Crippen molar-refractivity contribution in [1.82, 2.24) is 0 Å². The molecule has 27 heavy (non-hydrogen) atoms. The van der Waals surface area contributed by atoms with E-state index in [0.29, 0.717) is 6.42 Å². The van der Waals surface area contributed by atoms with E-state index in [2.05, 4.69) is 11.0 Å². The van der Waals surface area contributed by atoms with Gasteiger partial charge in [-0.3, -0.25) is 4.18 Å². The zero-order chi connectivity index (χ0) is 19.3. The van der Waals surface area contributed by atoms with Gasteiger partial charge in [-0.1, -0.05) is 48.0 Å². The van der Waals surface area contributed by atoms with Crippen molar-refractivity contribution < 1.29 is 12.6 Å². The highest BCUT2D eigenvalue weighted by Gasteiger charge is 2.14. The van der Waals surface area contributed by atoms with Crippen LogP contribution in [0.2, 0.25) is 0 Å². The summed E-state index contributed by atoms with van der Waals surface area (Å²) in [6, 6.07) is 24.8. The zero-order valence-corrected chi connectivity index (χ0v) is 16.3. The second-order valence-corrected chi connectivity index (χ2v) is 8.02.